The molecule has 0 aliphatic rings. The van der Waals surface area contributed by atoms with Gasteiger partial charge in [-0.05, 0) is 25.5 Å². The van der Waals surface area contributed by atoms with Gasteiger partial charge in [-0.3, -0.25) is 10.1 Å². The lowest BCUT2D eigenvalue weighted by Crippen LogP contribution is -2.08. The molecular weight excluding hydrogens is 256 g/mol. The van der Waals surface area contributed by atoms with Gasteiger partial charge in [-0.15, -0.1) is 0 Å². The predicted molar refractivity (Wildman–Crippen MR) is 78.0 cm³/mol. The molecule has 0 saturated heterocycles. The van der Waals surface area contributed by atoms with Crippen LogP contribution in [-0.2, 0) is 0 Å². The Hall–Kier alpha value is -2.56. The highest BCUT2D eigenvalue weighted by Gasteiger charge is 2.13. The number of aryl methyl sites for hydroxylation is 1. The molecule has 0 bridgehead atoms. The average Bonchev–Trinajstić information content (AvgIpc) is 2.41. The van der Waals surface area contributed by atoms with Crippen molar-refractivity contribution < 1.29 is 10.0 Å². The Kier molecular flexibility index (Phi) is 3.89. The minimum Gasteiger partial charge on any atom is -0.508 e. The number of anilines is 1. The van der Waals surface area contributed by atoms with Crippen molar-refractivity contribution in [1.82, 2.24) is 0 Å². The average molecular weight is 272 g/mol. The molecule has 2 rings (SSSR count). The number of nitrogens with zero attached hydrogens (tertiary/aromatic N) is 1. The fraction of sp³-hybridized carbons (Fsp3) is 0.200. The van der Waals surface area contributed by atoms with Gasteiger partial charge >= 0.3 is 0 Å². The largest absolute Gasteiger partial charge is 0.508 e. The molecule has 2 aromatic rings. The van der Waals surface area contributed by atoms with E-state index in [1.807, 2.05) is 26.0 Å². The van der Waals surface area contributed by atoms with Crippen molar-refractivity contribution in [1.29, 1.82) is 0 Å². The van der Waals surface area contributed by atoms with Gasteiger partial charge in [-0.25, -0.2) is 0 Å². The van der Waals surface area contributed by atoms with E-state index in [0.29, 0.717) is 5.69 Å². The van der Waals surface area contributed by atoms with E-state index in [9.17, 15) is 15.2 Å². The molecule has 0 saturated carbocycles. The Labute approximate surface area is 117 Å². The molecule has 0 aromatic heterocycles. The molecule has 0 heterocycles. The summed E-state index contributed by atoms with van der Waals surface area (Å²) in [6, 6.07) is 11.6. The quantitative estimate of drug-likeness (QED) is 0.656. The topological polar surface area (TPSA) is 75.4 Å². The van der Waals surface area contributed by atoms with Crippen molar-refractivity contribution >= 4 is 11.4 Å². The van der Waals surface area contributed by atoms with Crippen LogP contribution in [0.15, 0.2) is 42.5 Å². The molecule has 0 aliphatic carbocycles. The lowest BCUT2D eigenvalue weighted by atomic mass is 10.1. The number of phenolic OH excluding ortho intramolecular Hbond substituents is 1. The summed E-state index contributed by atoms with van der Waals surface area (Å²) < 4.78 is 0. The molecule has 0 spiro atoms. The number of hydrogen-bond donors (Lipinski definition) is 2. The predicted octanol–water partition coefficient (Wildman–Crippen LogP) is 3.78. The molecule has 0 radical (unpaired) electrons. The molecule has 0 amide bonds. The fourth-order valence-electron chi connectivity index (χ4n) is 2.04. The van der Waals surface area contributed by atoms with E-state index in [-0.39, 0.29) is 17.5 Å². The van der Waals surface area contributed by atoms with E-state index in [1.165, 1.54) is 12.1 Å². The summed E-state index contributed by atoms with van der Waals surface area (Å²) in [5, 5.41) is 23.8. The van der Waals surface area contributed by atoms with Gasteiger partial charge in [-0.2, -0.15) is 0 Å². The van der Waals surface area contributed by atoms with Crippen molar-refractivity contribution in [2.75, 3.05) is 5.32 Å². The number of para-hydroxylation sites is 1. The molecule has 5 nitrogen and oxygen atoms in total. The summed E-state index contributed by atoms with van der Waals surface area (Å²) in [4.78, 5) is 10.4. The van der Waals surface area contributed by atoms with E-state index < -0.39 is 4.92 Å². The van der Waals surface area contributed by atoms with Crippen LogP contribution in [0, 0.1) is 17.0 Å². The van der Waals surface area contributed by atoms with E-state index in [2.05, 4.69) is 5.32 Å². The van der Waals surface area contributed by atoms with Crippen LogP contribution in [0.3, 0.4) is 0 Å². The number of nitro benzene ring substituents is 1. The first-order valence-electron chi connectivity index (χ1n) is 6.28. The summed E-state index contributed by atoms with van der Waals surface area (Å²) in [6.07, 6.45) is 0. The van der Waals surface area contributed by atoms with Crippen molar-refractivity contribution in [2.45, 2.75) is 19.9 Å². The molecule has 5 heteroatoms. The van der Waals surface area contributed by atoms with Crippen molar-refractivity contribution in [3.05, 3.63) is 63.7 Å². The van der Waals surface area contributed by atoms with E-state index in [1.54, 1.807) is 18.2 Å². The van der Waals surface area contributed by atoms with Crippen LogP contribution >= 0.6 is 0 Å². The number of benzene rings is 2. The zero-order valence-electron chi connectivity index (χ0n) is 11.3. The van der Waals surface area contributed by atoms with Crippen LogP contribution in [0.1, 0.15) is 24.1 Å². The molecule has 0 aliphatic heterocycles. The zero-order valence-corrected chi connectivity index (χ0v) is 11.3. The zero-order chi connectivity index (χ0) is 14.7. The van der Waals surface area contributed by atoms with Crippen LogP contribution in [0.5, 0.6) is 5.75 Å². The number of phenols is 1. The molecule has 0 fully saturated rings. The first-order chi connectivity index (χ1) is 9.49. The number of nitro groups is 1. The van der Waals surface area contributed by atoms with Crippen molar-refractivity contribution in [3.8, 4) is 5.75 Å². The third-order valence-corrected chi connectivity index (χ3v) is 3.21. The highest BCUT2D eigenvalue weighted by Crippen LogP contribution is 2.29. The van der Waals surface area contributed by atoms with Crippen molar-refractivity contribution in [2.24, 2.45) is 0 Å². The normalized spacial score (nSPS) is 11.9. The van der Waals surface area contributed by atoms with E-state index >= 15 is 0 Å². The monoisotopic (exact) mass is 272 g/mol. The van der Waals surface area contributed by atoms with E-state index in [4.69, 9.17) is 0 Å². The van der Waals surface area contributed by atoms with Gasteiger partial charge in [-0.1, -0.05) is 24.3 Å². The molecule has 2 N–H and O–H groups in total. The highest BCUT2D eigenvalue weighted by molar-refractivity contribution is 5.58. The summed E-state index contributed by atoms with van der Waals surface area (Å²) in [5.41, 5.74) is 2.40. The molecule has 1 unspecified atom stereocenters. The number of nitrogens with one attached hydrogen (secondary N) is 1. The third kappa shape index (κ3) is 2.88. The van der Waals surface area contributed by atoms with Gasteiger partial charge < -0.3 is 10.4 Å². The second-order valence-corrected chi connectivity index (χ2v) is 4.68. The molecule has 104 valence electrons. The Morgan fingerprint density at radius 2 is 1.95 bits per heavy atom. The third-order valence-electron chi connectivity index (χ3n) is 3.21. The second-order valence-electron chi connectivity index (χ2n) is 4.68. The summed E-state index contributed by atoms with van der Waals surface area (Å²) in [7, 11) is 0. The van der Waals surface area contributed by atoms with Gasteiger partial charge in [0.15, 0.2) is 0 Å². The van der Waals surface area contributed by atoms with Crippen LogP contribution in [-0.4, -0.2) is 10.0 Å². The Morgan fingerprint density at radius 3 is 2.60 bits per heavy atom. The number of non-ortho nitro benzene ring substituents is 1. The van der Waals surface area contributed by atoms with Gasteiger partial charge in [0.1, 0.15) is 5.75 Å². The van der Waals surface area contributed by atoms with Crippen LogP contribution < -0.4 is 5.32 Å². The first kappa shape index (κ1) is 13.9. The first-order valence-corrected chi connectivity index (χ1v) is 6.28. The highest BCUT2D eigenvalue weighted by atomic mass is 16.6. The molecular formula is C15H16N2O3. The minimum absolute atomic E-state index is 0.0441. The standard InChI is InChI=1S/C15H16N2O3/c1-10-7-8-12(17(19)20)9-14(10)16-11(2)13-5-3-4-6-15(13)18/h3-9,11,16,18H,1-2H3. The van der Waals surface area contributed by atoms with Gasteiger partial charge in [0.2, 0.25) is 0 Å². The number of aromatic hydroxyl groups is 1. The van der Waals surface area contributed by atoms with Crippen LogP contribution in [0.2, 0.25) is 0 Å². The maximum atomic E-state index is 10.8. The van der Waals surface area contributed by atoms with Crippen LogP contribution in [0.25, 0.3) is 0 Å². The smallest absolute Gasteiger partial charge is 0.271 e. The van der Waals surface area contributed by atoms with Gasteiger partial charge in [0.05, 0.1) is 11.0 Å². The maximum absolute atomic E-state index is 10.8. The summed E-state index contributed by atoms with van der Waals surface area (Å²) >= 11 is 0. The summed E-state index contributed by atoms with van der Waals surface area (Å²) in [5.74, 6) is 0.204. The summed E-state index contributed by atoms with van der Waals surface area (Å²) in [6.45, 7) is 3.77. The fourth-order valence-corrected chi connectivity index (χ4v) is 2.04. The lowest BCUT2D eigenvalue weighted by molar-refractivity contribution is -0.384. The van der Waals surface area contributed by atoms with E-state index in [0.717, 1.165) is 11.1 Å². The van der Waals surface area contributed by atoms with Gasteiger partial charge in [0.25, 0.3) is 5.69 Å². The number of hydrogen-bond acceptors (Lipinski definition) is 4. The second kappa shape index (κ2) is 5.61. The number of rotatable bonds is 4. The molecule has 1 atom stereocenters. The lowest BCUT2D eigenvalue weighted by Gasteiger charge is -2.18. The minimum atomic E-state index is -0.421. The Balaban J connectivity index is 2.28. The Morgan fingerprint density at radius 1 is 1.25 bits per heavy atom. The molecule has 2 aromatic carbocycles. The van der Waals surface area contributed by atoms with Gasteiger partial charge in [0, 0.05) is 23.4 Å². The van der Waals surface area contributed by atoms with Crippen molar-refractivity contribution in [3.63, 3.8) is 0 Å². The Bertz CT molecular complexity index is 641. The maximum Gasteiger partial charge on any atom is 0.271 e. The van der Waals surface area contributed by atoms with Crippen LogP contribution in [0.4, 0.5) is 11.4 Å². The molecule has 20 heavy (non-hydrogen) atoms. The SMILES string of the molecule is Cc1ccc([N+](=O)[O-])cc1NC(C)c1ccccc1O.